The van der Waals surface area contributed by atoms with Crippen molar-refractivity contribution >= 4 is 12.0 Å². The number of anilines is 1. The topological polar surface area (TPSA) is 33.2 Å². The number of pyridine rings is 1. The standard InChI is InChI=1S/C15H16N2O/c1-2-17(11-14-8-5-6-10-16-14)15-9-4-3-7-13(15)12-18/h3-10,12H,2,11H2,1H3. The molecule has 0 fully saturated rings. The molecule has 0 N–H and O–H groups in total. The summed E-state index contributed by atoms with van der Waals surface area (Å²) in [6.07, 6.45) is 2.69. The largest absolute Gasteiger partial charge is 0.365 e. The first kappa shape index (κ1) is 12.3. The Hall–Kier alpha value is -2.16. The Morgan fingerprint density at radius 1 is 1.17 bits per heavy atom. The molecule has 18 heavy (non-hydrogen) atoms. The van der Waals surface area contributed by atoms with Crippen molar-refractivity contribution in [2.24, 2.45) is 0 Å². The van der Waals surface area contributed by atoms with E-state index >= 15 is 0 Å². The number of carbonyl (C=O) groups excluding carboxylic acids is 1. The van der Waals surface area contributed by atoms with Crippen molar-refractivity contribution in [2.75, 3.05) is 11.4 Å². The Bertz CT molecular complexity index is 511. The first-order valence-corrected chi connectivity index (χ1v) is 6.04. The third kappa shape index (κ3) is 2.74. The van der Waals surface area contributed by atoms with Crippen LogP contribution in [-0.2, 0) is 6.54 Å². The highest BCUT2D eigenvalue weighted by atomic mass is 16.1. The summed E-state index contributed by atoms with van der Waals surface area (Å²) in [6, 6.07) is 13.5. The van der Waals surface area contributed by atoms with Crippen LogP contribution in [0.25, 0.3) is 0 Å². The van der Waals surface area contributed by atoms with Gasteiger partial charge in [-0.25, -0.2) is 0 Å². The molecule has 1 aromatic carbocycles. The van der Waals surface area contributed by atoms with Gasteiger partial charge < -0.3 is 4.90 Å². The number of rotatable bonds is 5. The highest BCUT2D eigenvalue weighted by Crippen LogP contribution is 2.20. The fourth-order valence-corrected chi connectivity index (χ4v) is 1.93. The van der Waals surface area contributed by atoms with Gasteiger partial charge in [-0.15, -0.1) is 0 Å². The molecule has 0 amide bonds. The highest BCUT2D eigenvalue weighted by Gasteiger charge is 2.09. The molecule has 0 aliphatic rings. The lowest BCUT2D eigenvalue weighted by molar-refractivity contribution is 0.112. The molecule has 0 saturated carbocycles. The smallest absolute Gasteiger partial charge is 0.152 e. The molecule has 1 aromatic heterocycles. The number of benzene rings is 1. The van der Waals surface area contributed by atoms with E-state index in [1.54, 1.807) is 6.20 Å². The first-order valence-electron chi connectivity index (χ1n) is 6.04. The third-order valence-electron chi connectivity index (χ3n) is 2.87. The Balaban J connectivity index is 2.26. The molecule has 0 aliphatic carbocycles. The van der Waals surface area contributed by atoms with Gasteiger partial charge in [0.25, 0.3) is 0 Å². The van der Waals surface area contributed by atoms with Gasteiger partial charge in [0.1, 0.15) is 0 Å². The molecule has 0 aliphatic heterocycles. The number of hydrogen-bond acceptors (Lipinski definition) is 3. The lowest BCUT2D eigenvalue weighted by Crippen LogP contribution is -2.23. The van der Waals surface area contributed by atoms with E-state index in [0.717, 1.165) is 29.8 Å². The maximum absolute atomic E-state index is 11.1. The zero-order valence-corrected chi connectivity index (χ0v) is 10.4. The summed E-state index contributed by atoms with van der Waals surface area (Å²) in [5.41, 5.74) is 2.68. The lowest BCUT2D eigenvalue weighted by Gasteiger charge is -2.24. The minimum atomic E-state index is 0.711. The van der Waals surface area contributed by atoms with Crippen molar-refractivity contribution in [1.82, 2.24) is 4.98 Å². The van der Waals surface area contributed by atoms with Crippen LogP contribution in [-0.4, -0.2) is 17.8 Å². The quantitative estimate of drug-likeness (QED) is 0.753. The van der Waals surface area contributed by atoms with E-state index in [4.69, 9.17) is 0 Å². The van der Waals surface area contributed by atoms with Gasteiger partial charge >= 0.3 is 0 Å². The van der Waals surface area contributed by atoms with Crippen molar-refractivity contribution in [2.45, 2.75) is 13.5 Å². The van der Waals surface area contributed by atoms with Crippen LogP contribution in [0.4, 0.5) is 5.69 Å². The summed E-state index contributed by atoms with van der Waals surface area (Å²) < 4.78 is 0. The second-order valence-corrected chi connectivity index (χ2v) is 4.01. The van der Waals surface area contributed by atoms with Gasteiger partial charge in [-0.05, 0) is 31.2 Å². The van der Waals surface area contributed by atoms with Gasteiger partial charge in [-0.2, -0.15) is 0 Å². The number of hydrogen-bond donors (Lipinski definition) is 0. The van der Waals surface area contributed by atoms with E-state index in [9.17, 15) is 4.79 Å². The van der Waals surface area contributed by atoms with Crippen LogP contribution in [0.3, 0.4) is 0 Å². The zero-order chi connectivity index (χ0) is 12.8. The average molecular weight is 240 g/mol. The predicted molar refractivity (Wildman–Crippen MR) is 72.8 cm³/mol. The van der Waals surface area contributed by atoms with E-state index in [1.807, 2.05) is 42.5 Å². The van der Waals surface area contributed by atoms with Gasteiger partial charge in [0.2, 0.25) is 0 Å². The third-order valence-corrected chi connectivity index (χ3v) is 2.87. The molecule has 2 aromatic rings. The molecule has 3 heteroatoms. The minimum Gasteiger partial charge on any atom is -0.365 e. The molecule has 2 rings (SSSR count). The van der Waals surface area contributed by atoms with Crippen molar-refractivity contribution in [1.29, 1.82) is 0 Å². The Labute approximate surface area is 107 Å². The van der Waals surface area contributed by atoms with Crippen molar-refractivity contribution in [3.8, 4) is 0 Å². The van der Waals surface area contributed by atoms with Crippen LogP contribution >= 0.6 is 0 Å². The monoisotopic (exact) mass is 240 g/mol. The Kier molecular flexibility index (Phi) is 4.07. The molecule has 3 nitrogen and oxygen atoms in total. The summed E-state index contributed by atoms with van der Waals surface area (Å²) in [4.78, 5) is 17.5. The van der Waals surface area contributed by atoms with Crippen LogP contribution in [0.1, 0.15) is 23.0 Å². The van der Waals surface area contributed by atoms with Crippen molar-refractivity contribution in [3.63, 3.8) is 0 Å². The fourth-order valence-electron chi connectivity index (χ4n) is 1.93. The summed E-state index contributed by atoms with van der Waals surface area (Å²) in [7, 11) is 0. The average Bonchev–Trinajstić information content (AvgIpc) is 2.46. The first-order chi connectivity index (χ1) is 8.85. The molecular formula is C15H16N2O. The molecule has 0 bridgehead atoms. The van der Waals surface area contributed by atoms with Gasteiger partial charge in [0.15, 0.2) is 6.29 Å². The summed E-state index contributed by atoms with van der Waals surface area (Å²) in [6.45, 7) is 3.62. The molecule has 0 unspecified atom stereocenters. The maximum Gasteiger partial charge on any atom is 0.152 e. The van der Waals surface area contributed by atoms with Crippen LogP contribution < -0.4 is 4.90 Å². The summed E-state index contributed by atoms with van der Waals surface area (Å²) in [5, 5.41) is 0. The molecule has 0 atom stereocenters. The molecule has 0 radical (unpaired) electrons. The van der Waals surface area contributed by atoms with Gasteiger partial charge in [0, 0.05) is 24.0 Å². The molecule has 92 valence electrons. The Morgan fingerprint density at radius 3 is 2.61 bits per heavy atom. The molecule has 1 heterocycles. The van der Waals surface area contributed by atoms with E-state index in [2.05, 4.69) is 16.8 Å². The SMILES string of the molecule is CCN(Cc1ccccn1)c1ccccc1C=O. The van der Waals surface area contributed by atoms with Gasteiger partial charge in [-0.3, -0.25) is 9.78 Å². The number of aromatic nitrogens is 1. The Morgan fingerprint density at radius 2 is 1.94 bits per heavy atom. The second-order valence-electron chi connectivity index (χ2n) is 4.01. The molecule has 0 saturated heterocycles. The van der Waals surface area contributed by atoms with Gasteiger partial charge in [-0.1, -0.05) is 18.2 Å². The predicted octanol–water partition coefficient (Wildman–Crippen LogP) is 2.92. The van der Waals surface area contributed by atoms with Crippen LogP contribution in [0.5, 0.6) is 0 Å². The number of carbonyl (C=O) groups is 1. The highest BCUT2D eigenvalue weighted by molar-refractivity contribution is 5.84. The number of aldehydes is 1. The second kappa shape index (κ2) is 5.96. The van der Waals surface area contributed by atoms with E-state index in [1.165, 1.54) is 0 Å². The van der Waals surface area contributed by atoms with E-state index in [0.29, 0.717) is 6.54 Å². The summed E-state index contributed by atoms with van der Waals surface area (Å²) >= 11 is 0. The lowest BCUT2D eigenvalue weighted by atomic mass is 10.1. The molecular weight excluding hydrogens is 224 g/mol. The normalized spacial score (nSPS) is 10.1. The number of nitrogens with zero attached hydrogens (tertiary/aromatic N) is 2. The van der Waals surface area contributed by atoms with Crippen LogP contribution in [0, 0.1) is 0 Å². The van der Waals surface area contributed by atoms with Gasteiger partial charge in [0.05, 0.1) is 12.2 Å². The molecule has 0 spiro atoms. The van der Waals surface area contributed by atoms with E-state index < -0.39 is 0 Å². The van der Waals surface area contributed by atoms with Crippen molar-refractivity contribution in [3.05, 3.63) is 59.9 Å². The zero-order valence-electron chi connectivity index (χ0n) is 10.4. The van der Waals surface area contributed by atoms with Crippen molar-refractivity contribution < 1.29 is 4.79 Å². The summed E-state index contributed by atoms with van der Waals surface area (Å²) in [5.74, 6) is 0. The fraction of sp³-hybridized carbons (Fsp3) is 0.200. The van der Waals surface area contributed by atoms with E-state index in [-0.39, 0.29) is 0 Å². The van der Waals surface area contributed by atoms with Crippen LogP contribution in [0.2, 0.25) is 0 Å². The maximum atomic E-state index is 11.1. The van der Waals surface area contributed by atoms with Crippen LogP contribution in [0.15, 0.2) is 48.7 Å². The minimum absolute atomic E-state index is 0.711. The number of para-hydroxylation sites is 1.